The van der Waals surface area contributed by atoms with Crippen molar-refractivity contribution in [2.24, 2.45) is 17.8 Å². The second-order valence-corrected chi connectivity index (χ2v) is 15.4. The van der Waals surface area contributed by atoms with Crippen LogP contribution in [0.1, 0.15) is 65.4 Å². The molecule has 162 valence electrons. The van der Waals surface area contributed by atoms with Gasteiger partial charge in [-0.15, -0.1) is 0 Å². The van der Waals surface area contributed by atoms with Crippen LogP contribution in [0.5, 0.6) is 0 Å². The third-order valence-corrected chi connectivity index (χ3v) is 12.1. The van der Waals surface area contributed by atoms with E-state index in [-0.39, 0.29) is 23.2 Å². The minimum absolute atomic E-state index is 0.132. The lowest BCUT2D eigenvalue weighted by Crippen LogP contribution is -2.45. The van der Waals surface area contributed by atoms with E-state index in [0.29, 0.717) is 24.2 Å². The molecule has 2 aliphatic carbocycles. The summed E-state index contributed by atoms with van der Waals surface area (Å²) in [6.45, 7) is 14.4. The number of Topliss-reactive ketones (excluding diaryl/α,β-unsaturated/α-hetero) is 1. The normalized spacial score (nSPS) is 30.0. The molecule has 0 amide bonds. The summed E-state index contributed by atoms with van der Waals surface area (Å²) < 4.78 is 13.0. The van der Waals surface area contributed by atoms with E-state index in [0.717, 1.165) is 18.4 Å². The van der Waals surface area contributed by atoms with Crippen LogP contribution in [0.25, 0.3) is 0 Å². The molecule has 2 saturated carbocycles. The van der Waals surface area contributed by atoms with Crippen LogP contribution in [0.2, 0.25) is 18.1 Å². The van der Waals surface area contributed by atoms with Crippen molar-refractivity contribution < 1.29 is 14.0 Å². The molecule has 0 bridgehead atoms. The Balaban J connectivity index is 1.68. The van der Waals surface area contributed by atoms with Gasteiger partial charge in [0.2, 0.25) is 0 Å². The van der Waals surface area contributed by atoms with E-state index in [1.54, 1.807) is 0 Å². The Labute approximate surface area is 178 Å². The average Bonchev–Trinajstić information content (AvgIpc) is 3.14. The first-order valence-electron chi connectivity index (χ1n) is 11.5. The second kappa shape index (κ2) is 9.03. The molecule has 0 aromatic heterocycles. The maximum Gasteiger partial charge on any atom is 0.192 e. The van der Waals surface area contributed by atoms with Crippen molar-refractivity contribution in [3.05, 3.63) is 35.9 Å². The summed E-state index contributed by atoms with van der Waals surface area (Å²) in [7, 11) is -1.84. The van der Waals surface area contributed by atoms with E-state index in [9.17, 15) is 4.79 Å². The Bertz CT molecular complexity index is 679. The van der Waals surface area contributed by atoms with Gasteiger partial charge in [0, 0.05) is 12.0 Å². The summed E-state index contributed by atoms with van der Waals surface area (Å²) in [5.74, 6) is 1.40. The van der Waals surface area contributed by atoms with Crippen molar-refractivity contribution in [1.82, 2.24) is 0 Å². The fourth-order valence-electron chi connectivity index (χ4n) is 4.89. The number of carbonyl (C=O) groups excluding carboxylic acids is 1. The van der Waals surface area contributed by atoms with Gasteiger partial charge in [-0.25, -0.2) is 0 Å². The maximum atomic E-state index is 13.2. The molecule has 1 aromatic carbocycles. The maximum absolute atomic E-state index is 13.2. The Morgan fingerprint density at radius 3 is 2.41 bits per heavy atom. The predicted octanol–water partition coefficient (Wildman–Crippen LogP) is 6.38. The van der Waals surface area contributed by atoms with Crippen LogP contribution >= 0.6 is 0 Å². The minimum atomic E-state index is -1.84. The molecule has 5 atom stereocenters. The quantitative estimate of drug-likeness (QED) is 0.461. The van der Waals surface area contributed by atoms with Gasteiger partial charge < -0.3 is 9.16 Å². The Hall–Kier alpha value is -0.973. The average molecular weight is 417 g/mol. The number of benzene rings is 1. The van der Waals surface area contributed by atoms with Crippen molar-refractivity contribution in [3.8, 4) is 0 Å². The van der Waals surface area contributed by atoms with E-state index >= 15 is 0 Å². The molecule has 0 heterocycles. The molecule has 3 nitrogen and oxygen atoms in total. The molecular formula is C25H40O3Si. The summed E-state index contributed by atoms with van der Waals surface area (Å²) in [4.78, 5) is 13.2. The standard InChI is InChI=1S/C25H40O3Si/c1-7-8-14-19-20-15-23(27-17-18-12-10-9-11-13-18)24(26)21(20)16-22(19)28-29(5,6)25(2,3)4/h9-13,19-23H,7-8,14-17H2,1-6H3/t19-,20-,21+,22-,23+/m1/s1. The molecule has 29 heavy (non-hydrogen) atoms. The summed E-state index contributed by atoms with van der Waals surface area (Å²) in [5.41, 5.74) is 1.14. The lowest BCUT2D eigenvalue weighted by atomic mass is 9.87. The lowest BCUT2D eigenvalue weighted by molar-refractivity contribution is -0.131. The van der Waals surface area contributed by atoms with Gasteiger partial charge in [-0.05, 0) is 54.8 Å². The van der Waals surface area contributed by atoms with Crippen LogP contribution in [0.4, 0.5) is 0 Å². The number of fused-ring (bicyclic) bond motifs is 1. The van der Waals surface area contributed by atoms with Gasteiger partial charge in [0.15, 0.2) is 14.1 Å². The van der Waals surface area contributed by atoms with Crippen LogP contribution < -0.4 is 0 Å². The topological polar surface area (TPSA) is 35.5 Å². The van der Waals surface area contributed by atoms with Crippen LogP contribution in [0.15, 0.2) is 30.3 Å². The zero-order valence-electron chi connectivity index (χ0n) is 19.2. The minimum Gasteiger partial charge on any atom is -0.414 e. The molecule has 3 rings (SSSR count). The summed E-state index contributed by atoms with van der Waals surface area (Å²) >= 11 is 0. The number of ether oxygens (including phenoxy) is 1. The largest absolute Gasteiger partial charge is 0.414 e. The van der Waals surface area contributed by atoms with Crippen molar-refractivity contribution in [2.45, 2.75) is 96.7 Å². The highest BCUT2D eigenvalue weighted by Gasteiger charge is 2.55. The van der Waals surface area contributed by atoms with Crippen molar-refractivity contribution in [1.29, 1.82) is 0 Å². The first kappa shape index (κ1) is 22.7. The Morgan fingerprint density at radius 1 is 1.10 bits per heavy atom. The third-order valence-electron chi connectivity index (χ3n) is 7.64. The summed E-state index contributed by atoms with van der Waals surface area (Å²) in [6, 6.07) is 10.2. The Kier molecular flexibility index (Phi) is 7.07. The highest BCUT2D eigenvalue weighted by atomic mass is 28.4. The zero-order valence-corrected chi connectivity index (χ0v) is 20.2. The zero-order chi connectivity index (χ0) is 21.2. The second-order valence-electron chi connectivity index (χ2n) is 10.7. The van der Waals surface area contributed by atoms with Crippen LogP contribution in [-0.4, -0.2) is 26.3 Å². The molecule has 0 spiro atoms. The molecule has 0 radical (unpaired) electrons. The van der Waals surface area contributed by atoms with E-state index in [4.69, 9.17) is 9.16 Å². The predicted molar refractivity (Wildman–Crippen MR) is 121 cm³/mol. The summed E-state index contributed by atoms with van der Waals surface area (Å²) in [5, 5.41) is 0.200. The molecule has 1 aromatic rings. The van der Waals surface area contributed by atoms with Crippen LogP contribution in [0.3, 0.4) is 0 Å². The number of ketones is 1. The van der Waals surface area contributed by atoms with Gasteiger partial charge in [-0.1, -0.05) is 70.9 Å². The number of carbonyl (C=O) groups is 1. The van der Waals surface area contributed by atoms with Gasteiger partial charge in [0.25, 0.3) is 0 Å². The fraction of sp³-hybridized carbons (Fsp3) is 0.720. The van der Waals surface area contributed by atoms with Crippen molar-refractivity contribution in [3.63, 3.8) is 0 Å². The van der Waals surface area contributed by atoms with Crippen molar-refractivity contribution in [2.75, 3.05) is 0 Å². The van der Waals surface area contributed by atoms with E-state index in [1.165, 1.54) is 19.3 Å². The smallest absolute Gasteiger partial charge is 0.192 e. The molecule has 0 aliphatic heterocycles. The highest BCUT2D eigenvalue weighted by Crippen LogP contribution is 2.51. The lowest BCUT2D eigenvalue weighted by Gasteiger charge is -2.40. The molecule has 0 unspecified atom stereocenters. The van der Waals surface area contributed by atoms with Gasteiger partial charge in [0.05, 0.1) is 6.61 Å². The third kappa shape index (κ3) is 5.03. The number of hydrogen-bond donors (Lipinski definition) is 0. The monoisotopic (exact) mass is 416 g/mol. The van der Waals surface area contributed by atoms with Crippen molar-refractivity contribution >= 4 is 14.1 Å². The van der Waals surface area contributed by atoms with Gasteiger partial charge in [-0.2, -0.15) is 0 Å². The summed E-state index contributed by atoms with van der Waals surface area (Å²) in [6.07, 6.45) is 5.38. The highest BCUT2D eigenvalue weighted by molar-refractivity contribution is 6.74. The van der Waals surface area contributed by atoms with Crippen LogP contribution in [0, 0.1) is 17.8 Å². The van der Waals surface area contributed by atoms with Gasteiger partial charge in [-0.3, -0.25) is 4.79 Å². The van der Waals surface area contributed by atoms with E-state index in [2.05, 4.69) is 52.9 Å². The molecule has 0 N–H and O–H groups in total. The molecule has 4 heteroatoms. The van der Waals surface area contributed by atoms with E-state index in [1.807, 2.05) is 18.2 Å². The molecular weight excluding hydrogens is 376 g/mol. The van der Waals surface area contributed by atoms with E-state index < -0.39 is 8.32 Å². The molecule has 2 aliphatic rings. The molecule has 0 saturated heterocycles. The first-order chi connectivity index (χ1) is 13.6. The number of rotatable bonds is 8. The Morgan fingerprint density at radius 2 is 1.79 bits per heavy atom. The fourth-order valence-corrected chi connectivity index (χ4v) is 6.28. The molecule has 2 fully saturated rings. The van der Waals surface area contributed by atoms with Gasteiger partial charge in [0.1, 0.15) is 6.10 Å². The van der Waals surface area contributed by atoms with Gasteiger partial charge >= 0.3 is 0 Å². The SMILES string of the molecule is CCCC[C@@H]1[C@H]2C[C@H](OCc3ccccc3)C(=O)[C@H]2C[C@H]1O[Si](C)(C)C(C)(C)C. The number of hydrogen-bond acceptors (Lipinski definition) is 3. The van der Waals surface area contributed by atoms with Crippen LogP contribution in [-0.2, 0) is 20.6 Å². The first-order valence-corrected chi connectivity index (χ1v) is 14.4. The number of unbranched alkanes of at least 4 members (excludes halogenated alkanes) is 1.